The largest absolute Gasteiger partial charge is 0.444 e. The van der Waals surface area contributed by atoms with Crippen LogP contribution in [0.5, 0.6) is 0 Å². The van der Waals surface area contributed by atoms with Crippen LogP contribution >= 0.6 is 0 Å². The molecule has 0 unspecified atom stereocenters. The first kappa shape index (κ1) is 18.7. The van der Waals surface area contributed by atoms with Crippen LogP contribution in [0.25, 0.3) is 0 Å². The lowest BCUT2D eigenvalue weighted by molar-refractivity contribution is -0.118. The zero-order valence-electron chi connectivity index (χ0n) is 15.9. The molecule has 6 heteroatoms. The van der Waals surface area contributed by atoms with E-state index in [2.05, 4.69) is 16.7 Å². The second kappa shape index (κ2) is 7.66. The minimum Gasteiger partial charge on any atom is -0.444 e. The van der Waals surface area contributed by atoms with Gasteiger partial charge in [0.15, 0.2) is 0 Å². The zero-order valence-corrected chi connectivity index (χ0v) is 15.9. The Morgan fingerprint density at radius 2 is 2.04 bits per heavy atom. The van der Waals surface area contributed by atoms with Gasteiger partial charge in [-0.1, -0.05) is 18.2 Å². The quantitative estimate of drug-likeness (QED) is 0.852. The molecule has 2 heterocycles. The lowest BCUT2D eigenvalue weighted by Gasteiger charge is -2.35. The van der Waals surface area contributed by atoms with E-state index in [1.54, 1.807) is 4.90 Å². The molecule has 0 radical (unpaired) electrons. The molecule has 0 bridgehead atoms. The molecule has 0 aliphatic carbocycles. The highest BCUT2D eigenvalue weighted by Gasteiger charge is 2.31. The van der Waals surface area contributed by atoms with Gasteiger partial charge in [0.2, 0.25) is 5.91 Å². The third-order valence-corrected chi connectivity index (χ3v) is 4.80. The first-order valence-electron chi connectivity index (χ1n) is 9.44. The van der Waals surface area contributed by atoms with Crippen LogP contribution in [0, 0.1) is 0 Å². The van der Waals surface area contributed by atoms with Gasteiger partial charge in [-0.25, -0.2) is 4.79 Å². The molecular formula is C20H29N3O3. The molecule has 3 rings (SSSR count). The molecule has 2 N–H and O–H groups in total. The number of aryl methyl sites for hydroxylation is 1. The molecule has 142 valence electrons. The van der Waals surface area contributed by atoms with Crippen LogP contribution in [-0.4, -0.2) is 47.7 Å². The van der Waals surface area contributed by atoms with Crippen molar-refractivity contribution in [1.82, 2.24) is 10.2 Å². The molecule has 1 aromatic rings. The van der Waals surface area contributed by atoms with Gasteiger partial charge < -0.3 is 20.3 Å². The average Bonchev–Trinajstić information content (AvgIpc) is 2.73. The lowest BCUT2D eigenvalue weighted by atomic mass is 10.0. The maximum atomic E-state index is 12.6. The maximum absolute atomic E-state index is 12.6. The summed E-state index contributed by atoms with van der Waals surface area (Å²) < 4.78 is 5.48. The Morgan fingerprint density at radius 3 is 2.81 bits per heavy atom. The number of para-hydroxylation sites is 1. The Kier molecular flexibility index (Phi) is 5.51. The number of nitrogens with zero attached hydrogens (tertiary/aromatic N) is 1. The van der Waals surface area contributed by atoms with E-state index in [-0.39, 0.29) is 24.1 Å². The second-order valence-electron chi connectivity index (χ2n) is 8.17. The van der Waals surface area contributed by atoms with Gasteiger partial charge in [0.1, 0.15) is 5.60 Å². The molecule has 0 spiro atoms. The van der Waals surface area contributed by atoms with E-state index >= 15 is 0 Å². The van der Waals surface area contributed by atoms with E-state index in [4.69, 9.17) is 4.74 Å². The van der Waals surface area contributed by atoms with Gasteiger partial charge in [-0.05, 0) is 58.1 Å². The van der Waals surface area contributed by atoms with E-state index in [1.165, 1.54) is 5.56 Å². The summed E-state index contributed by atoms with van der Waals surface area (Å²) in [5.41, 5.74) is 1.58. The topological polar surface area (TPSA) is 70.7 Å². The van der Waals surface area contributed by atoms with Crippen molar-refractivity contribution < 1.29 is 14.3 Å². The van der Waals surface area contributed by atoms with Crippen molar-refractivity contribution >= 4 is 17.7 Å². The highest BCUT2D eigenvalue weighted by Crippen LogP contribution is 2.22. The van der Waals surface area contributed by atoms with Gasteiger partial charge in [-0.15, -0.1) is 0 Å². The molecule has 2 amide bonds. The number of likely N-dealkylation sites (tertiary alicyclic amines) is 1. The van der Waals surface area contributed by atoms with E-state index in [0.29, 0.717) is 13.1 Å². The van der Waals surface area contributed by atoms with Crippen LogP contribution < -0.4 is 10.6 Å². The first-order valence-corrected chi connectivity index (χ1v) is 9.44. The Morgan fingerprint density at radius 1 is 1.27 bits per heavy atom. The van der Waals surface area contributed by atoms with Crippen molar-refractivity contribution in [2.24, 2.45) is 0 Å². The monoisotopic (exact) mass is 359 g/mol. The summed E-state index contributed by atoms with van der Waals surface area (Å²) in [7, 11) is 0. The van der Waals surface area contributed by atoms with Crippen molar-refractivity contribution in [3.05, 3.63) is 29.8 Å². The number of ether oxygens (including phenoxy) is 1. The number of hydrogen-bond donors (Lipinski definition) is 2. The summed E-state index contributed by atoms with van der Waals surface area (Å²) in [5.74, 6) is 0.00402. The highest BCUT2D eigenvalue weighted by molar-refractivity contribution is 5.96. The zero-order chi connectivity index (χ0) is 18.7. The molecular weight excluding hydrogens is 330 g/mol. The minimum absolute atomic E-state index is 0.00402. The third-order valence-electron chi connectivity index (χ3n) is 4.80. The summed E-state index contributed by atoms with van der Waals surface area (Å²) in [4.78, 5) is 26.6. The van der Waals surface area contributed by atoms with Crippen molar-refractivity contribution in [2.45, 2.75) is 64.1 Å². The number of benzene rings is 1. The van der Waals surface area contributed by atoms with Gasteiger partial charge >= 0.3 is 6.09 Å². The predicted octanol–water partition coefficient (Wildman–Crippen LogP) is 2.93. The molecule has 1 aromatic carbocycles. The molecule has 2 aliphatic rings. The molecule has 0 aromatic heterocycles. The molecule has 6 nitrogen and oxygen atoms in total. The minimum atomic E-state index is -0.496. The highest BCUT2D eigenvalue weighted by atomic mass is 16.6. The van der Waals surface area contributed by atoms with E-state index in [1.807, 2.05) is 39.0 Å². The first-order chi connectivity index (χ1) is 12.3. The standard InChI is InChI=1S/C20H29N3O3/c1-20(2,3)26-19(25)23-12-6-8-15(13-23)21-17-11-10-14-7-4-5-9-16(14)22-18(17)24/h4-5,7,9,15,17,21H,6,8,10-13H2,1-3H3,(H,22,24)/t15-,17+/m0/s1. The van der Waals surface area contributed by atoms with Crippen LogP contribution in [0.15, 0.2) is 24.3 Å². The number of anilines is 1. The fourth-order valence-electron chi connectivity index (χ4n) is 3.56. The van der Waals surface area contributed by atoms with Crippen LogP contribution in [-0.2, 0) is 16.0 Å². The number of amides is 2. The van der Waals surface area contributed by atoms with Crippen molar-refractivity contribution in [1.29, 1.82) is 0 Å². The Hall–Kier alpha value is -2.08. The number of fused-ring (bicyclic) bond motifs is 1. The van der Waals surface area contributed by atoms with E-state index in [9.17, 15) is 9.59 Å². The normalized spacial score (nSPS) is 23.7. The maximum Gasteiger partial charge on any atom is 0.410 e. The summed E-state index contributed by atoms with van der Waals surface area (Å²) in [5, 5.41) is 6.49. The second-order valence-corrected chi connectivity index (χ2v) is 8.17. The van der Waals surface area contributed by atoms with Gasteiger partial charge in [-0.2, -0.15) is 0 Å². The lowest BCUT2D eigenvalue weighted by Crippen LogP contribution is -2.54. The summed E-state index contributed by atoms with van der Waals surface area (Å²) >= 11 is 0. The van der Waals surface area contributed by atoms with Crippen LogP contribution in [0.4, 0.5) is 10.5 Å². The molecule has 2 aliphatic heterocycles. The van der Waals surface area contributed by atoms with Crippen LogP contribution in [0.2, 0.25) is 0 Å². The molecule has 0 saturated carbocycles. The Bertz CT molecular complexity index is 669. The average molecular weight is 359 g/mol. The predicted molar refractivity (Wildman–Crippen MR) is 101 cm³/mol. The fraction of sp³-hybridized carbons (Fsp3) is 0.600. The van der Waals surface area contributed by atoms with Crippen molar-refractivity contribution in [3.8, 4) is 0 Å². The smallest absolute Gasteiger partial charge is 0.410 e. The van der Waals surface area contributed by atoms with Gasteiger partial charge in [-0.3, -0.25) is 4.79 Å². The number of rotatable bonds is 2. The summed E-state index contributed by atoms with van der Waals surface area (Å²) in [6, 6.07) is 7.80. The SMILES string of the molecule is CC(C)(C)OC(=O)N1CCC[C@H](N[C@@H]2CCc3ccccc3NC2=O)C1. The summed E-state index contributed by atoms with van der Waals surface area (Å²) in [6.45, 7) is 6.90. The molecule has 1 fully saturated rings. The molecule has 2 atom stereocenters. The van der Waals surface area contributed by atoms with E-state index in [0.717, 1.165) is 31.4 Å². The number of carbonyl (C=O) groups excluding carboxylic acids is 2. The molecule has 1 saturated heterocycles. The Balaban J connectivity index is 1.58. The van der Waals surface area contributed by atoms with Gasteiger partial charge in [0.25, 0.3) is 0 Å². The van der Waals surface area contributed by atoms with Gasteiger partial charge in [0, 0.05) is 24.8 Å². The Labute approximate surface area is 155 Å². The van der Waals surface area contributed by atoms with Crippen molar-refractivity contribution in [2.75, 3.05) is 18.4 Å². The van der Waals surface area contributed by atoms with Crippen molar-refractivity contribution in [3.63, 3.8) is 0 Å². The third kappa shape index (κ3) is 4.75. The van der Waals surface area contributed by atoms with E-state index < -0.39 is 5.60 Å². The number of nitrogens with one attached hydrogen (secondary N) is 2. The number of hydrogen-bond acceptors (Lipinski definition) is 4. The van der Waals surface area contributed by atoms with Crippen LogP contribution in [0.3, 0.4) is 0 Å². The molecule has 26 heavy (non-hydrogen) atoms. The fourth-order valence-corrected chi connectivity index (χ4v) is 3.56. The summed E-state index contributed by atoms with van der Waals surface area (Å²) in [6.07, 6.45) is 3.20. The van der Waals surface area contributed by atoms with Gasteiger partial charge in [0.05, 0.1) is 6.04 Å². The number of piperidine rings is 1. The van der Waals surface area contributed by atoms with Crippen LogP contribution in [0.1, 0.15) is 45.6 Å². The number of carbonyl (C=O) groups is 2.